The predicted molar refractivity (Wildman–Crippen MR) is 218 cm³/mol. The van der Waals surface area contributed by atoms with E-state index in [-0.39, 0.29) is 0 Å². The van der Waals surface area contributed by atoms with Crippen LogP contribution in [-0.4, -0.2) is 16.1 Å². The van der Waals surface area contributed by atoms with Gasteiger partial charge in [-0.25, -0.2) is 0 Å². The minimum absolute atomic E-state index is 0.324. The fourth-order valence-electron chi connectivity index (χ4n) is 7.74. The van der Waals surface area contributed by atoms with E-state index in [2.05, 4.69) is 174 Å². The molecular weight excluding hydrogens is 732 g/mol. The molecule has 0 radical (unpaired) electrons. The molecule has 0 bridgehead atoms. The van der Waals surface area contributed by atoms with Gasteiger partial charge in [0.2, 0.25) is 0 Å². The second-order valence-electron chi connectivity index (χ2n) is 16.3. The first-order valence-electron chi connectivity index (χ1n) is 18.2. The molecule has 0 saturated heterocycles. The molecule has 5 heteroatoms. The zero-order valence-corrected chi connectivity index (χ0v) is 35.5. The Kier molecular flexibility index (Phi) is 8.77. The first-order valence-corrected chi connectivity index (χ1v) is 28.0. The monoisotopic (exact) mass is 776 g/mol. The van der Waals surface area contributed by atoms with Crippen molar-refractivity contribution in [2.75, 3.05) is 0 Å². The Balaban J connectivity index is 1.24. The van der Waals surface area contributed by atoms with E-state index < -0.39 is 39.4 Å². The van der Waals surface area contributed by atoms with Gasteiger partial charge in [-0.3, -0.25) is 0 Å². The summed E-state index contributed by atoms with van der Waals surface area (Å²) in [5, 5.41) is 2.98. The van der Waals surface area contributed by atoms with E-state index in [1.54, 1.807) is 0 Å². The van der Waals surface area contributed by atoms with Crippen LogP contribution in [0.15, 0.2) is 118 Å². The van der Waals surface area contributed by atoms with Crippen LogP contribution in [0.25, 0.3) is 45.6 Å². The summed E-state index contributed by atoms with van der Waals surface area (Å²) in [6, 6.07) is 41.3. The normalized spacial score (nSPS) is 16.9. The fourth-order valence-corrected chi connectivity index (χ4v) is 15.0. The molecule has 2 aromatic heterocycles. The molecule has 0 N–H and O–H groups in total. The summed E-state index contributed by atoms with van der Waals surface area (Å²) in [5.41, 5.74) is 13.4. The fraction of sp³-hybridized carbons (Fsp3) is 0.217. The first-order chi connectivity index (χ1) is 24.3. The number of benzene rings is 4. The number of rotatable bonds is 8. The van der Waals surface area contributed by atoms with Crippen LogP contribution in [0.5, 0.6) is 0 Å². The van der Waals surface area contributed by atoms with Crippen LogP contribution in [0, 0.1) is 13.8 Å². The van der Waals surface area contributed by atoms with E-state index in [9.17, 15) is 0 Å². The van der Waals surface area contributed by atoms with Gasteiger partial charge in [0.05, 0.1) is 0 Å². The van der Waals surface area contributed by atoms with Crippen molar-refractivity contribution in [3.8, 4) is 22.3 Å². The van der Waals surface area contributed by atoms with Crippen LogP contribution >= 0.6 is 0 Å². The maximum atomic E-state index is 6.42. The third-order valence-corrected chi connectivity index (χ3v) is 19.5. The SMILES string of the molecule is Cc1ccc(C2=Cc3c(-c4ccc([Si](C)(C)C)cc4)cccc3[CH]2[Zr][CH]2C(c3ccc(C)o3)=Cc3c(-c4ccc([Si](C)(C)C)cc4)cccc32)o1. The summed E-state index contributed by atoms with van der Waals surface area (Å²) >= 11 is -1.31. The molecule has 2 aliphatic carbocycles. The zero-order valence-electron chi connectivity index (χ0n) is 31.0. The van der Waals surface area contributed by atoms with Crippen LogP contribution in [-0.2, 0) is 23.2 Å². The Morgan fingerprint density at radius 2 is 0.863 bits per heavy atom. The maximum absolute atomic E-state index is 6.42. The number of hydrogen-bond acceptors (Lipinski definition) is 2. The molecule has 254 valence electrons. The number of fused-ring (bicyclic) bond motifs is 2. The molecule has 2 unspecified atom stereocenters. The molecule has 0 aliphatic heterocycles. The summed E-state index contributed by atoms with van der Waals surface area (Å²) in [6.45, 7) is 18.6. The molecule has 2 nitrogen and oxygen atoms in total. The van der Waals surface area contributed by atoms with Gasteiger partial charge < -0.3 is 0 Å². The molecule has 51 heavy (non-hydrogen) atoms. The third-order valence-electron chi connectivity index (χ3n) is 10.6. The van der Waals surface area contributed by atoms with Crippen LogP contribution in [0.1, 0.15) is 52.5 Å². The quantitative estimate of drug-likeness (QED) is 0.144. The van der Waals surface area contributed by atoms with Crippen molar-refractivity contribution >= 4 is 49.8 Å². The van der Waals surface area contributed by atoms with E-state index in [4.69, 9.17) is 8.83 Å². The Bertz CT molecular complexity index is 2160. The van der Waals surface area contributed by atoms with E-state index in [1.807, 2.05) is 0 Å². The molecule has 0 fully saturated rings. The van der Waals surface area contributed by atoms with E-state index >= 15 is 0 Å². The second kappa shape index (κ2) is 13.0. The molecule has 2 atom stereocenters. The van der Waals surface area contributed by atoms with E-state index in [0.29, 0.717) is 7.25 Å². The van der Waals surface area contributed by atoms with Crippen LogP contribution in [0.3, 0.4) is 0 Å². The van der Waals surface area contributed by atoms with Crippen molar-refractivity contribution in [1.82, 2.24) is 0 Å². The van der Waals surface area contributed by atoms with Gasteiger partial charge in [0, 0.05) is 0 Å². The van der Waals surface area contributed by atoms with Crippen LogP contribution in [0.2, 0.25) is 39.3 Å². The molecule has 0 spiro atoms. The summed E-state index contributed by atoms with van der Waals surface area (Å²) in [6.07, 6.45) is 4.90. The standard InChI is InChI=1S/2C23H23OSi.Zr/c2*1-16-8-13-23(24-16)19-14-18-6-5-7-21(22(18)15-19)17-9-11-20(12-10-17)25(2,3)4;/h2*5-15H,1-4H3;. The molecule has 0 saturated carbocycles. The van der Waals surface area contributed by atoms with Gasteiger partial charge in [-0.2, -0.15) is 0 Å². The first kappa shape index (κ1) is 34.3. The average molecular weight is 778 g/mol. The number of allylic oxidation sites excluding steroid dienone is 2. The Labute approximate surface area is 316 Å². The number of aryl methyl sites for hydroxylation is 2. The number of furan rings is 2. The molecule has 2 aliphatic rings. The predicted octanol–water partition coefficient (Wildman–Crippen LogP) is 11.9. The van der Waals surface area contributed by atoms with Crippen molar-refractivity contribution in [3.63, 3.8) is 0 Å². The minimum atomic E-state index is -1.39. The van der Waals surface area contributed by atoms with Gasteiger partial charge in [0.15, 0.2) is 0 Å². The third kappa shape index (κ3) is 6.47. The average Bonchev–Trinajstić information content (AvgIpc) is 3.90. The number of hydrogen-bond donors (Lipinski definition) is 0. The Hall–Kier alpha value is -3.76. The molecule has 0 amide bonds. The topological polar surface area (TPSA) is 26.3 Å². The van der Waals surface area contributed by atoms with Gasteiger partial charge in [-0.15, -0.1) is 0 Å². The zero-order chi connectivity index (χ0) is 35.7. The van der Waals surface area contributed by atoms with Crippen LogP contribution < -0.4 is 10.4 Å². The van der Waals surface area contributed by atoms with Gasteiger partial charge in [0.1, 0.15) is 0 Å². The second-order valence-corrected chi connectivity index (χ2v) is 30.1. The van der Waals surface area contributed by atoms with Crippen molar-refractivity contribution in [3.05, 3.63) is 154 Å². The Morgan fingerprint density at radius 3 is 1.20 bits per heavy atom. The summed E-state index contributed by atoms with van der Waals surface area (Å²) in [5.74, 6) is 3.92. The van der Waals surface area contributed by atoms with Gasteiger partial charge >= 0.3 is 319 Å². The van der Waals surface area contributed by atoms with Crippen molar-refractivity contribution in [1.29, 1.82) is 0 Å². The molecule has 8 rings (SSSR count). The van der Waals surface area contributed by atoms with Crippen LogP contribution in [0.4, 0.5) is 0 Å². The molecule has 6 aromatic rings. The van der Waals surface area contributed by atoms with Crippen molar-refractivity contribution in [2.45, 2.75) is 60.4 Å². The van der Waals surface area contributed by atoms with Gasteiger partial charge in [-0.05, 0) is 0 Å². The van der Waals surface area contributed by atoms with E-state index in [1.165, 1.54) is 66.0 Å². The van der Waals surface area contributed by atoms with Gasteiger partial charge in [0.25, 0.3) is 0 Å². The van der Waals surface area contributed by atoms with Gasteiger partial charge in [-0.1, -0.05) is 0 Å². The molecular formula is C46H46O2Si2Zr. The van der Waals surface area contributed by atoms with Crippen molar-refractivity contribution in [2.24, 2.45) is 0 Å². The summed E-state index contributed by atoms with van der Waals surface area (Å²) in [7, 11) is -2.78. The van der Waals surface area contributed by atoms with Crippen molar-refractivity contribution < 1.29 is 32.1 Å². The summed E-state index contributed by atoms with van der Waals surface area (Å²) in [4.78, 5) is 0. The molecule has 4 aromatic carbocycles. The summed E-state index contributed by atoms with van der Waals surface area (Å²) < 4.78 is 13.5. The molecule has 2 heterocycles. The Morgan fingerprint density at radius 1 is 0.471 bits per heavy atom. The van der Waals surface area contributed by atoms with E-state index in [0.717, 1.165) is 23.0 Å².